The Morgan fingerprint density at radius 3 is 2.67 bits per heavy atom. The summed E-state index contributed by atoms with van der Waals surface area (Å²) in [5.41, 5.74) is 2.99. The zero-order chi connectivity index (χ0) is 15.8. The fourth-order valence-corrected chi connectivity index (χ4v) is 5.32. The Morgan fingerprint density at radius 2 is 1.92 bits per heavy atom. The molecule has 2 heterocycles. The maximum Gasteiger partial charge on any atom is 0.232 e. The van der Waals surface area contributed by atoms with Crippen LogP contribution < -0.4 is 5.32 Å². The highest BCUT2D eigenvalue weighted by atomic mass is 35.5. The van der Waals surface area contributed by atoms with Crippen LogP contribution in [0.2, 0.25) is 0 Å². The molecule has 0 spiro atoms. The number of aryl methyl sites for hydroxylation is 2. The highest BCUT2D eigenvalue weighted by Gasteiger charge is 2.36. The van der Waals surface area contributed by atoms with Gasteiger partial charge in [0, 0.05) is 30.1 Å². The second-order valence-corrected chi connectivity index (χ2v) is 8.39. The normalized spacial score (nSPS) is 27.5. The monoisotopic (exact) mass is 366 g/mol. The molecule has 24 heavy (non-hydrogen) atoms. The highest BCUT2D eigenvalue weighted by molar-refractivity contribution is 8.00. The summed E-state index contributed by atoms with van der Waals surface area (Å²) < 4.78 is 0. The number of nitrogens with zero attached hydrogens (tertiary/aromatic N) is 1. The second kappa shape index (κ2) is 7.67. The molecule has 3 aliphatic rings. The van der Waals surface area contributed by atoms with Crippen molar-refractivity contribution in [3.05, 3.63) is 29.3 Å². The van der Waals surface area contributed by atoms with Crippen molar-refractivity contribution in [2.75, 3.05) is 12.8 Å². The molecule has 2 fully saturated rings. The molecule has 2 aliphatic heterocycles. The summed E-state index contributed by atoms with van der Waals surface area (Å²) in [4.78, 5) is 15.8. The number of hydrogen-bond acceptors (Lipinski definition) is 3. The summed E-state index contributed by atoms with van der Waals surface area (Å²) in [6.45, 7) is 0. The van der Waals surface area contributed by atoms with E-state index in [1.165, 1.54) is 48.1 Å². The number of carbonyl (C=O) groups is 1. The van der Waals surface area contributed by atoms with E-state index in [1.54, 1.807) is 11.8 Å². The standard InChI is InChI=1S/C19H26N2OS.ClH/c1-21(17-10-15-6-7-16(11-17)20-15)19(22)12-23-18-8-5-13-3-2-4-14(13)9-18;/h5,8-9,15-17,20H,2-4,6-7,10-12H2,1H3;1H. The van der Waals surface area contributed by atoms with Gasteiger partial charge in [-0.3, -0.25) is 4.79 Å². The smallest absolute Gasteiger partial charge is 0.232 e. The molecular weight excluding hydrogens is 340 g/mol. The van der Waals surface area contributed by atoms with Crippen molar-refractivity contribution in [1.29, 1.82) is 0 Å². The van der Waals surface area contributed by atoms with E-state index in [0.29, 0.717) is 23.9 Å². The van der Waals surface area contributed by atoms with Gasteiger partial charge >= 0.3 is 0 Å². The summed E-state index contributed by atoms with van der Waals surface area (Å²) in [5, 5.41) is 3.65. The van der Waals surface area contributed by atoms with Crippen molar-refractivity contribution in [2.45, 2.75) is 68.0 Å². The first kappa shape index (κ1) is 18.1. The van der Waals surface area contributed by atoms with E-state index in [0.717, 1.165) is 12.8 Å². The number of halogens is 1. The summed E-state index contributed by atoms with van der Waals surface area (Å²) in [6, 6.07) is 8.44. The lowest BCUT2D eigenvalue weighted by Crippen LogP contribution is -2.49. The van der Waals surface area contributed by atoms with Gasteiger partial charge in [0.05, 0.1) is 5.75 Å². The van der Waals surface area contributed by atoms with Gasteiger partial charge in [0.2, 0.25) is 5.91 Å². The summed E-state index contributed by atoms with van der Waals surface area (Å²) >= 11 is 1.70. The number of fused-ring (bicyclic) bond motifs is 3. The van der Waals surface area contributed by atoms with Crippen molar-refractivity contribution in [3.63, 3.8) is 0 Å². The number of carbonyl (C=O) groups excluding carboxylic acids is 1. The fraction of sp³-hybridized carbons (Fsp3) is 0.632. The van der Waals surface area contributed by atoms with Crippen molar-refractivity contribution in [3.8, 4) is 0 Å². The van der Waals surface area contributed by atoms with Crippen LogP contribution >= 0.6 is 24.2 Å². The number of benzene rings is 1. The van der Waals surface area contributed by atoms with Crippen LogP contribution in [-0.4, -0.2) is 41.7 Å². The molecule has 5 heteroatoms. The largest absolute Gasteiger partial charge is 0.342 e. The molecule has 1 aromatic rings. The Morgan fingerprint density at radius 1 is 1.21 bits per heavy atom. The van der Waals surface area contributed by atoms with Crippen LogP contribution in [0.4, 0.5) is 0 Å². The summed E-state index contributed by atoms with van der Waals surface area (Å²) in [5.74, 6) is 0.843. The average molecular weight is 367 g/mol. The van der Waals surface area contributed by atoms with Gasteiger partial charge in [-0.15, -0.1) is 24.2 Å². The summed E-state index contributed by atoms with van der Waals surface area (Å²) in [6.07, 6.45) is 8.53. The molecule has 1 aliphatic carbocycles. The molecule has 4 rings (SSSR count). The quantitative estimate of drug-likeness (QED) is 0.828. The molecule has 1 aromatic carbocycles. The van der Waals surface area contributed by atoms with Crippen LogP contribution in [0.15, 0.2) is 23.1 Å². The van der Waals surface area contributed by atoms with Gasteiger partial charge in [-0.1, -0.05) is 6.07 Å². The molecule has 2 atom stereocenters. The van der Waals surface area contributed by atoms with E-state index in [1.807, 2.05) is 11.9 Å². The van der Waals surface area contributed by atoms with E-state index in [-0.39, 0.29) is 18.3 Å². The van der Waals surface area contributed by atoms with Gasteiger partial charge in [0.1, 0.15) is 0 Å². The molecule has 2 bridgehead atoms. The van der Waals surface area contributed by atoms with Crippen LogP contribution in [0.1, 0.15) is 43.2 Å². The molecule has 1 N–H and O–H groups in total. The Balaban J connectivity index is 0.00000169. The van der Waals surface area contributed by atoms with E-state index < -0.39 is 0 Å². The lowest BCUT2D eigenvalue weighted by molar-refractivity contribution is -0.129. The molecule has 0 saturated carbocycles. The molecule has 2 saturated heterocycles. The summed E-state index contributed by atoms with van der Waals surface area (Å²) in [7, 11) is 2.00. The van der Waals surface area contributed by atoms with Gasteiger partial charge in [-0.25, -0.2) is 0 Å². The van der Waals surface area contributed by atoms with Gasteiger partial charge in [0.25, 0.3) is 0 Å². The predicted octanol–water partition coefficient (Wildman–Crippen LogP) is 3.43. The Hall–Kier alpha value is -0.710. The first-order valence-corrected chi connectivity index (χ1v) is 9.94. The van der Waals surface area contributed by atoms with Crippen LogP contribution in [0.25, 0.3) is 0 Å². The fourth-order valence-electron chi connectivity index (χ4n) is 4.43. The van der Waals surface area contributed by atoms with E-state index in [4.69, 9.17) is 0 Å². The Labute approximate surface area is 155 Å². The maximum atomic E-state index is 12.6. The van der Waals surface area contributed by atoms with Gasteiger partial charge in [0.15, 0.2) is 0 Å². The first-order chi connectivity index (χ1) is 11.2. The average Bonchev–Trinajstić information content (AvgIpc) is 3.17. The number of piperidine rings is 1. The van der Waals surface area contributed by atoms with E-state index in [2.05, 4.69) is 23.5 Å². The molecule has 0 aromatic heterocycles. The lowest BCUT2D eigenvalue weighted by Gasteiger charge is -2.35. The van der Waals surface area contributed by atoms with Crippen LogP contribution in [0.5, 0.6) is 0 Å². The van der Waals surface area contributed by atoms with Crippen molar-refractivity contribution in [2.24, 2.45) is 0 Å². The third-order valence-corrected chi connectivity index (χ3v) is 6.80. The SMILES string of the molecule is CN(C(=O)CSc1ccc2c(c1)CCC2)C1CC2CCC(C1)N2.Cl. The maximum absolute atomic E-state index is 12.6. The topological polar surface area (TPSA) is 32.3 Å². The molecule has 2 unspecified atom stereocenters. The van der Waals surface area contributed by atoms with Crippen LogP contribution in [0, 0.1) is 0 Å². The van der Waals surface area contributed by atoms with Crippen molar-refractivity contribution >= 4 is 30.1 Å². The Kier molecular flexibility index (Phi) is 5.78. The third-order valence-electron chi connectivity index (χ3n) is 5.82. The molecule has 1 amide bonds. The minimum atomic E-state index is 0. The minimum Gasteiger partial charge on any atom is -0.342 e. The van der Waals surface area contributed by atoms with Crippen molar-refractivity contribution in [1.82, 2.24) is 10.2 Å². The lowest BCUT2D eigenvalue weighted by atomic mass is 9.98. The van der Waals surface area contributed by atoms with Gasteiger partial charge in [-0.05, 0) is 68.2 Å². The zero-order valence-electron chi connectivity index (χ0n) is 14.3. The Bertz CT molecular complexity index is 597. The number of nitrogens with one attached hydrogen (secondary N) is 1. The molecule has 3 nitrogen and oxygen atoms in total. The van der Waals surface area contributed by atoms with Gasteiger partial charge in [-0.2, -0.15) is 0 Å². The number of amides is 1. The minimum absolute atomic E-state index is 0. The third kappa shape index (κ3) is 3.76. The highest BCUT2D eigenvalue weighted by Crippen LogP contribution is 2.31. The van der Waals surface area contributed by atoms with Crippen LogP contribution in [0.3, 0.4) is 0 Å². The van der Waals surface area contributed by atoms with E-state index >= 15 is 0 Å². The predicted molar refractivity (Wildman–Crippen MR) is 102 cm³/mol. The number of rotatable bonds is 4. The molecule has 132 valence electrons. The van der Waals surface area contributed by atoms with Gasteiger partial charge < -0.3 is 10.2 Å². The zero-order valence-corrected chi connectivity index (χ0v) is 15.9. The second-order valence-electron chi connectivity index (χ2n) is 7.34. The van der Waals surface area contributed by atoms with Crippen LogP contribution in [-0.2, 0) is 17.6 Å². The number of thioether (sulfide) groups is 1. The number of hydrogen-bond donors (Lipinski definition) is 1. The molecule has 0 radical (unpaired) electrons. The van der Waals surface area contributed by atoms with E-state index in [9.17, 15) is 4.79 Å². The van der Waals surface area contributed by atoms with Crippen molar-refractivity contribution < 1.29 is 4.79 Å². The molecular formula is C19H27ClN2OS. The first-order valence-electron chi connectivity index (χ1n) is 8.95.